The maximum absolute atomic E-state index is 12.8. The first-order valence-electron chi connectivity index (χ1n) is 10.6. The Kier molecular flexibility index (Phi) is 5.27. The zero-order chi connectivity index (χ0) is 23.3. The number of carbonyl (C=O) groups excluding carboxylic acids is 1. The quantitative estimate of drug-likeness (QED) is 0.566. The lowest BCUT2D eigenvalue weighted by atomic mass is 9.71. The van der Waals surface area contributed by atoms with Crippen LogP contribution in [0.15, 0.2) is 36.5 Å². The fourth-order valence-corrected chi connectivity index (χ4v) is 4.08. The number of hydrogen-bond donors (Lipinski definition) is 3. The lowest BCUT2D eigenvalue weighted by molar-refractivity contribution is -0.0412. The van der Waals surface area contributed by atoms with Crippen molar-refractivity contribution in [2.75, 3.05) is 5.32 Å². The zero-order valence-corrected chi connectivity index (χ0v) is 18.6. The predicted molar refractivity (Wildman–Crippen MR) is 120 cm³/mol. The summed E-state index contributed by atoms with van der Waals surface area (Å²) in [6.45, 7) is 6.96. The average molecular weight is 434 g/mol. The minimum atomic E-state index is -1.22. The van der Waals surface area contributed by atoms with Crippen molar-refractivity contribution in [2.45, 2.75) is 57.8 Å². The van der Waals surface area contributed by atoms with E-state index in [0.717, 1.165) is 23.7 Å². The summed E-state index contributed by atoms with van der Waals surface area (Å²) in [6, 6.07) is 10.4. The largest absolute Gasteiger partial charge is 0.390 e. The fraction of sp³-hybridized carbons (Fsp3) is 0.417. The minimum absolute atomic E-state index is 0.119. The van der Waals surface area contributed by atoms with E-state index in [1.165, 1.54) is 12.1 Å². The highest BCUT2D eigenvalue weighted by atomic mass is 16.3. The molecule has 8 nitrogen and oxygen atoms in total. The number of hydrogen-bond acceptors (Lipinski definition) is 6. The molecule has 2 aromatic heterocycles. The molecule has 0 spiro atoms. The topological polar surface area (TPSA) is 124 Å². The number of aliphatic hydroxyl groups is 2. The van der Waals surface area contributed by atoms with Crippen LogP contribution < -0.4 is 5.32 Å². The Balaban J connectivity index is 1.65. The fourth-order valence-electron chi connectivity index (χ4n) is 4.08. The monoisotopic (exact) mass is 433 g/mol. The molecule has 166 valence electrons. The zero-order valence-electron chi connectivity index (χ0n) is 18.6. The lowest BCUT2D eigenvalue weighted by Gasteiger charge is -2.42. The van der Waals surface area contributed by atoms with Crippen LogP contribution in [0.3, 0.4) is 0 Å². The van der Waals surface area contributed by atoms with Crippen molar-refractivity contribution >= 4 is 22.5 Å². The number of fused-ring (bicyclic) bond motifs is 1. The van der Waals surface area contributed by atoms with Gasteiger partial charge < -0.3 is 15.5 Å². The van der Waals surface area contributed by atoms with Gasteiger partial charge in [0.25, 0.3) is 5.91 Å². The molecule has 8 heteroatoms. The van der Waals surface area contributed by atoms with Crippen molar-refractivity contribution in [1.82, 2.24) is 14.8 Å². The smallest absolute Gasteiger partial charge is 0.274 e. The molecule has 0 bridgehead atoms. The Morgan fingerprint density at radius 1 is 1.22 bits per heavy atom. The molecular weight excluding hydrogens is 406 g/mol. The molecule has 1 aromatic carbocycles. The molecule has 0 saturated heterocycles. The van der Waals surface area contributed by atoms with Gasteiger partial charge in [-0.2, -0.15) is 10.4 Å². The molecule has 32 heavy (non-hydrogen) atoms. The van der Waals surface area contributed by atoms with Gasteiger partial charge >= 0.3 is 0 Å². The number of benzene rings is 1. The van der Waals surface area contributed by atoms with E-state index in [1.807, 2.05) is 30.8 Å². The first-order chi connectivity index (χ1) is 15.0. The standard InChI is InChI=1S/C24H27N5O3/c1-23(2,31)15-9-17(10-15)29-13-14-8-21(18(24(3,4)32)11-20(14)28-29)27-22(30)19-7-5-6-16(12-25)26-19/h5-8,11,13,15,17,31-32H,9-10H2,1-4H3,(H,27,30)/t15-,17-. The van der Waals surface area contributed by atoms with Crippen LogP contribution in [0.2, 0.25) is 0 Å². The number of nitrogens with zero attached hydrogens (tertiary/aromatic N) is 4. The van der Waals surface area contributed by atoms with Crippen LogP contribution in [-0.4, -0.2) is 36.5 Å². The highest BCUT2D eigenvalue weighted by Gasteiger charge is 2.40. The molecule has 1 aliphatic rings. The Hall–Kier alpha value is -3.28. The summed E-state index contributed by atoms with van der Waals surface area (Å²) in [6.07, 6.45) is 3.62. The number of amides is 1. The summed E-state index contributed by atoms with van der Waals surface area (Å²) in [5.41, 5.74) is 0.0630. The van der Waals surface area contributed by atoms with Crippen LogP contribution in [0.25, 0.3) is 10.9 Å². The van der Waals surface area contributed by atoms with E-state index in [1.54, 1.807) is 32.0 Å². The van der Waals surface area contributed by atoms with Gasteiger partial charge in [0.1, 0.15) is 17.5 Å². The molecular formula is C24H27N5O3. The Morgan fingerprint density at radius 2 is 1.94 bits per heavy atom. The molecule has 3 aromatic rings. The van der Waals surface area contributed by atoms with Crippen LogP contribution in [0.1, 0.15) is 68.3 Å². The molecule has 1 fully saturated rings. The van der Waals surface area contributed by atoms with Crippen LogP contribution in [-0.2, 0) is 5.60 Å². The average Bonchev–Trinajstić information content (AvgIpc) is 3.06. The molecule has 0 atom stereocenters. The van der Waals surface area contributed by atoms with Gasteiger partial charge in [0.05, 0.1) is 22.8 Å². The maximum Gasteiger partial charge on any atom is 0.274 e. The maximum atomic E-state index is 12.8. The summed E-state index contributed by atoms with van der Waals surface area (Å²) < 4.78 is 1.91. The summed E-state index contributed by atoms with van der Waals surface area (Å²) in [5, 5.41) is 38.3. The van der Waals surface area contributed by atoms with Gasteiger partial charge in [0, 0.05) is 22.8 Å². The summed E-state index contributed by atoms with van der Waals surface area (Å²) >= 11 is 0. The SMILES string of the molecule is CC(C)(O)c1cc2nn([C@H]3C[C@H](C(C)(C)O)C3)cc2cc1NC(=O)c1cccc(C#N)n1. The van der Waals surface area contributed by atoms with Gasteiger partial charge in [-0.3, -0.25) is 9.48 Å². The molecule has 0 aliphatic heterocycles. The molecule has 0 unspecified atom stereocenters. The third-order valence-corrected chi connectivity index (χ3v) is 6.15. The van der Waals surface area contributed by atoms with Crippen LogP contribution >= 0.6 is 0 Å². The van der Waals surface area contributed by atoms with Crippen molar-refractivity contribution in [3.05, 3.63) is 53.5 Å². The first-order valence-corrected chi connectivity index (χ1v) is 10.6. The van der Waals surface area contributed by atoms with Crippen LogP contribution in [0.5, 0.6) is 0 Å². The number of pyridine rings is 1. The molecule has 1 amide bonds. The molecule has 4 rings (SSSR count). The Morgan fingerprint density at radius 3 is 2.56 bits per heavy atom. The van der Waals surface area contributed by atoms with Gasteiger partial charge in [0.15, 0.2) is 0 Å². The summed E-state index contributed by atoms with van der Waals surface area (Å²) in [5.74, 6) is -0.232. The van der Waals surface area contributed by atoms with Crippen LogP contribution in [0, 0.1) is 17.2 Å². The third-order valence-electron chi connectivity index (χ3n) is 6.15. The Bertz CT molecular complexity index is 1220. The van der Waals surface area contributed by atoms with Crippen molar-refractivity contribution < 1.29 is 15.0 Å². The normalized spacial score (nSPS) is 18.8. The second-order valence-corrected chi connectivity index (χ2v) is 9.57. The van der Waals surface area contributed by atoms with E-state index in [4.69, 9.17) is 5.26 Å². The molecule has 3 N–H and O–H groups in total. The first kappa shape index (κ1) is 21.9. The number of nitrogens with one attached hydrogen (secondary N) is 1. The van der Waals surface area contributed by atoms with Gasteiger partial charge in [-0.15, -0.1) is 0 Å². The van der Waals surface area contributed by atoms with Gasteiger partial charge in [-0.05, 0) is 70.7 Å². The summed E-state index contributed by atoms with van der Waals surface area (Å²) in [7, 11) is 0. The predicted octanol–water partition coefficient (Wildman–Crippen LogP) is 3.50. The number of rotatable bonds is 5. The van der Waals surface area contributed by atoms with E-state index in [0.29, 0.717) is 11.3 Å². The van der Waals surface area contributed by atoms with Gasteiger partial charge in [-0.25, -0.2) is 4.98 Å². The second-order valence-electron chi connectivity index (χ2n) is 9.57. The Labute approximate surface area is 186 Å². The summed E-state index contributed by atoms with van der Waals surface area (Å²) in [4.78, 5) is 16.8. The van der Waals surface area contributed by atoms with E-state index < -0.39 is 17.1 Å². The van der Waals surface area contributed by atoms with E-state index in [9.17, 15) is 15.0 Å². The van der Waals surface area contributed by atoms with Crippen molar-refractivity contribution in [3.63, 3.8) is 0 Å². The number of carbonyl (C=O) groups is 1. The minimum Gasteiger partial charge on any atom is -0.390 e. The number of aromatic nitrogens is 3. The van der Waals surface area contributed by atoms with E-state index in [-0.39, 0.29) is 23.3 Å². The molecule has 1 aliphatic carbocycles. The number of nitriles is 1. The molecule has 2 heterocycles. The molecule has 0 radical (unpaired) electrons. The number of anilines is 1. The lowest BCUT2D eigenvalue weighted by Crippen LogP contribution is -2.41. The van der Waals surface area contributed by atoms with Crippen molar-refractivity contribution in [2.24, 2.45) is 5.92 Å². The van der Waals surface area contributed by atoms with E-state index in [2.05, 4.69) is 15.4 Å². The van der Waals surface area contributed by atoms with Gasteiger partial charge in [0.2, 0.25) is 0 Å². The van der Waals surface area contributed by atoms with Crippen molar-refractivity contribution in [1.29, 1.82) is 5.26 Å². The van der Waals surface area contributed by atoms with Gasteiger partial charge in [-0.1, -0.05) is 6.07 Å². The second kappa shape index (κ2) is 7.69. The van der Waals surface area contributed by atoms with Crippen molar-refractivity contribution in [3.8, 4) is 6.07 Å². The van der Waals surface area contributed by atoms with Crippen LogP contribution in [0.4, 0.5) is 5.69 Å². The third kappa shape index (κ3) is 4.22. The highest BCUT2D eigenvalue weighted by molar-refractivity contribution is 6.04. The molecule has 1 saturated carbocycles. The highest BCUT2D eigenvalue weighted by Crippen LogP contribution is 2.44. The van der Waals surface area contributed by atoms with E-state index >= 15 is 0 Å².